The van der Waals surface area contributed by atoms with Crippen molar-refractivity contribution in [2.24, 2.45) is 11.8 Å². The summed E-state index contributed by atoms with van der Waals surface area (Å²) in [6.07, 6.45) is 2.04. The highest BCUT2D eigenvalue weighted by Crippen LogP contribution is 2.59. The van der Waals surface area contributed by atoms with Crippen LogP contribution in [0.25, 0.3) is 0 Å². The van der Waals surface area contributed by atoms with Gasteiger partial charge in [0.25, 0.3) is 0 Å². The Bertz CT molecular complexity index is 176. The third kappa shape index (κ3) is 0.505. The fourth-order valence-electron chi connectivity index (χ4n) is 1.58. The van der Waals surface area contributed by atoms with E-state index in [2.05, 4.69) is 0 Å². The van der Waals surface area contributed by atoms with Gasteiger partial charge in [0, 0.05) is 11.8 Å². The van der Waals surface area contributed by atoms with Crippen LogP contribution in [0, 0.1) is 11.8 Å². The van der Waals surface area contributed by atoms with Gasteiger partial charge in [-0.1, -0.05) is 23.2 Å². The van der Waals surface area contributed by atoms with Gasteiger partial charge in [-0.2, -0.15) is 0 Å². The first kappa shape index (κ1) is 5.99. The summed E-state index contributed by atoms with van der Waals surface area (Å²) in [5.41, 5.74) is 0. The van der Waals surface area contributed by atoms with Crippen LogP contribution in [0.4, 0.5) is 0 Å². The van der Waals surface area contributed by atoms with Crippen molar-refractivity contribution >= 4 is 29.0 Å². The number of halogens is 2. The zero-order valence-electron chi connectivity index (χ0n) is 4.73. The van der Waals surface area contributed by atoms with Gasteiger partial charge in [0.15, 0.2) is 10.1 Å². The first-order valence-electron chi connectivity index (χ1n) is 3.06. The van der Waals surface area contributed by atoms with E-state index in [4.69, 9.17) is 23.2 Å². The molecule has 2 fully saturated rings. The Kier molecular flexibility index (Phi) is 0.970. The first-order chi connectivity index (χ1) is 4.14. The average Bonchev–Trinajstić information content (AvgIpc) is 1.61. The van der Waals surface area contributed by atoms with E-state index in [1.165, 1.54) is 0 Å². The zero-order valence-corrected chi connectivity index (χ0v) is 6.24. The highest BCUT2D eigenvalue weighted by Gasteiger charge is 2.64. The van der Waals surface area contributed by atoms with E-state index in [1.54, 1.807) is 0 Å². The van der Waals surface area contributed by atoms with Crippen molar-refractivity contribution in [1.82, 2.24) is 0 Å². The summed E-state index contributed by atoms with van der Waals surface area (Å²) in [6, 6.07) is 0. The van der Waals surface area contributed by atoms with Crippen LogP contribution >= 0.6 is 23.2 Å². The smallest absolute Gasteiger partial charge is 0.179 e. The summed E-state index contributed by atoms with van der Waals surface area (Å²) in [5, 5.41) is 0. The van der Waals surface area contributed by atoms with E-state index in [-0.39, 0.29) is 17.6 Å². The second-order valence-corrected chi connectivity index (χ2v) is 4.16. The van der Waals surface area contributed by atoms with Crippen LogP contribution < -0.4 is 0 Å². The quantitative estimate of drug-likeness (QED) is 0.500. The third-order valence-corrected chi connectivity index (χ3v) is 3.34. The van der Waals surface area contributed by atoms with Gasteiger partial charge in [0.2, 0.25) is 0 Å². The first-order valence-corrected chi connectivity index (χ1v) is 3.82. The van der Waals surface area contributed by atoms with E-state index in [9.17, 15) is 4.79 Å². The standard InChI is InChI=1S/C6H6Cl2O/c7-6(8)4-2-1-3(4)5(6)9/h3-4H,1-2H2. The summed E-state index contributed by atoms with van der Waals surface area (Å²) in [4.78, 5) is 10.9. The lowest BCUT2D eigenvalue weighted by molar-refractivity contribution is -0.143. The molecule has 0 radical (unpaired) electrons. The van der Waals surface area contributed by atoms with E-state index >= 15 is 0 Å². The number of ketones is 1. The van der Waals surface area contributed by atoms with Crippen LogP contribution in [-0.4, -0.2) is 10.1 Å². The number of fused-ring (bicyclic) bond motifs is 1. The molecule has 2 rings (SSSR count). The molecular formula is C6H6Cl2O. The van der Waals surface area contributed by atoms with Crippen LogP contribution in [-0.2, 0) is 4.79 Å². The minimum absolute atomic E-state index is 0.0436. The Labute approximate surface area is 63.3 Å². The Morgan fingerprint density at radius 1 is 1.44 bits per heavy atom. The van der Waals surface area contributed by atoms with Gasteiger partial charge in [0.1, 0.15) is 0 Å². The number of Topliss-reactive ketones (excluding diaryl/α,β-unsaturated/α-hetero) is 1. The normalized spacial score (nSPS) is 44.9. The van der Waals surface area contributed by atoms with E-state index in [1.807, 2.05) is 0 Å². The molecule has 0 aromatic rings. The van der Waals surface area contributed by atoms with Crippen LogP contribution in [0.2, 0.25) is 0 Å². The van der Waals surface area contributed by atoms with Gasteiger partial charge in [-0.05, 0) is 12.8 Å². The van der Waals surface area contributed by atoms with Crippen molar-refractivity contribution in [3.05, 3.63) is 0 Å². The highest BCUT2D eigenvalue weighted by molar-refractivity contribution is 6.61. The maximum atomic E-state index is 10.9. The zero-order chi connectivity index (χ0) is 6.65. The van der Waals surface area contributed by atoms with E-state index in [0.29, 0.717) is 0 Å². The second kappa shape index (κ2) is 1.46. The maximum absolute atomic E-state index is 10.9. The van der Waals surface area contributed by atoms with Crippen molar-refractivity contribution in [2.45, 2.75) is 17.2 Å². The molecule has 2 unspecified atom stereocenters. The third-order valence-electron chi connectivity index (χ3n) is 2.41. The molecule has 2 aliphatic rings. The predicted octanol–water partition coefficient (Wildman–Crippen LogP) is 1.77. The number of carbonyl (C=O) groups is 1. The van der Waals surface area contributed by atoms with Gasteiger partial charge in [-0.25, -0.2) is 0 Å². The average molecular weight is 165 g/mol. The molecule has 3 heteroatoms. The molecular weight excluding hydrogens is 159 g/mol. The summed E-state index contributed by atoms with van der Waals surface area (Å²) in [7, 11) is 0. The molecule has 2 saturated carbocycles. The van der Waals surface area contributed by atoms with Crippen molar-refractivity contribution in [2.75, 3.05) is 0 Å². The summed E-state index contributed by atoms with van der Waals surface area (Å²) in [5.74, 6) is 0.551. The number of hydrogen-bond donors (Lipinski definition) is 0. The topological polar surface area (TPSA) is 17.1 Å². The summed E-state index contributed by atoms with van der Waals surface area (Å²) >= 11 is 11.3. The minimum atomic E-state index is -0.997. The number of carbonyl (C=O) groups excluding carboxylic acids is 1. The monoisotopic (exact) mass is 164 g/mol. The Morgan fingerprint density at radius 2 is 2.11 bits per heavy atom. The lowest BCUT2D eigenvalue weighted by Gasteiger charge is -2.53. The largest absolute Gasteiger partial charge is 0.296 e. The molecule has 0 amide bonds. The molecule has 0 heterocycles. The lowest BCUT2D eigenvalue weighted by atomic mass is 9.58. The molecule has 2 atom stereocenters. The maximum Gasteiger partial charge on any atom is 0.179 e. The molecule has 0 N–H and O–H groups in total. The molecule has 0 aromatic carbocycles. The van der Waals surface area contributed by atoms with Gasteiger partial charge in [-0.3, -0.25) is 4.79 Å². The second-order valence-electron chi connectivity index (χ2n) is 2.78. The summed E-state index contributed by atoms with van der Waals surface area (Å²) in [6.45, 7) is 0. The predicted molar refractivity (Wildman–Crippen MR) is 35.7 cm³/mol. The van der Waals surface area contributed by atoms with E-state index < -0.39 is 4.33 Å². The fourth-order valence-corrected chi connectivity index (χ4v) is 2.38. The van der Waals surface area contributed by atoms with Crippen molar-refractivity contribution in [1.29, 1.82) is 0 Å². The van der Waals surface area contributed by atoms with Gasteiger partial charge >= 0.3 is 0 Å². The Balaban J connectivity index is 2.22. The van der Waals surface area contributed by atoms with Crippen molar-refractivity contribution in [3.8, 4) is 0 Å². The number of hydrogen-bond acceptors (Lipinski definition) is 1. The molecule has 9 heavy (non-hydrogen) atoms. The molecule has 0 aromatic heterocycles. The van der Waals surface area contributed by atoms with E-state index in [0.717, 1.165) is 12.8 Å². The number of rotatable bonds is 0. The molecule has 2 aliphatic carbocycles. The fraction of sp³-hybridized carbons (Fsp3) is 0.833. The van der Waals surface area contributed by atoms with Gasteiger partial charge in [-0.15, -0.1) is 0 Å². The highest BCUT2D eigenvalue weighted by atomic mass is 35.5. The molecule has 0 aliphatic heterocycles. The molecule has 0 bridgehead atoms. The SMILES string of the molecule is O=C1C2CCC2C1(Cl)Cl. The molecule has 0 spiro atoms. The number of alkyl halides is 2. The minimum Gasteiger partial charge on any atom is -0.296 e. The van der Waals surface area contributed by atoms with Crippen molar-refractivity contribution < 1.29 is 4.79 Å². The Morgan fingerprint density at radius 3 is 2.22 bits per heavy atom. The van der Waals surface area contributed by atoms with Crippen LogP contribution in [0.5, 0.6) is 0 Å². The van der Waals surface area contributed by atoms with Crippen molar-refractivity contribution in [3.63, 3.8) is 0 Å². The van der Waals surface area contributed by atoms with Gasteiger partial charge < -0.3 is 0 Å². The van der Waals surface area contributed by atoms with Crippen LogP contribution in [0.15, 0.2) is 0 Å². The van der Waals surface area contributed by atoms with Crippen LogP contribution in [0.1, 0.15) is 12.8 Å². The lowest BCUT2D eigenvalue weighted by Crippen LogP contribution is -2.61. The molecule has 50 valence electrons. The van der Waals surface area contributed by atoms with Crippen LogP contribution in [0.3, 0.4) is 0 Å². The molecule has 1 nitrogen and oxygen atoms in total. The molecule has 0 saturated heterocycles. The van der Waals surface area contributed by atoms with Gasteiger partial charge in [0.05, 0.1) is 0 Å². The Hall–Kier alpha value is 0.250. The summed E-state index contributed by atoms with van der Waals surface area (Å²) < 4.78 is -0.997.